The summed E-state index contributed by atoms with van der Waals surface area (Å²) in [5, 5.41) is 4.70. The van der Waals surface area contributed by atoms with Crippen molar-refractivity contribution in [3.8, 4) is 0 Å². The van der Waals surface area contributed by atoms with E-state index in [9.17, 15) is 0 Å². The molecule has 1 unspecified atom stereocenters. The van der Waals surface area contributed by atoms with Crippen LogP contribution in [-0.4, -0.2) is 12.6 Å². The van der Waals surface area contributed by atoms with Gasteiger partial charge in [0.1, 0.15) is 11.8 Å². The van der Waals surface area contributed by atoms with Crippen LogP contribution < -0.4 is 5.32 Å². The van der Waals surface area contributed by atoms with Crippen molar-refractivity contribution in [3.05, 3.63) is 34.5 Å². The molecule has 2 heterocycles. The molecule has 1 saturated heterocycles. The van der Waals surface area contributed by atoms with Gasteiger partial charge in [-0.3, -0.25) is 0 Å². The zero-order valence-corrected chi connectivity index (χ0v) is 10.6. The molecule has 1 aromatic carbocycles. The Labute approximate surface area is 103 Å². The van der Waals surface area contributed by atoms with E-state index < -0.39 is 0 Å². The molecular formula is C13H14BrNO. The number of hydrogen-bond donors (Lipinski definition) is 1. The first-order valence-corrected chi connectivity index (χ1v) is 6.52. The number of fused-ring (bicyclic) bond motifs is 1. The molecule has 1 aliphatic heterocycles. The summed E-state index contributed by atoms with van der Waals surface area (Å²) in [5.74, 6) is 0. The van der Waals surface area contributed by atoms with Crippen molar-refractivity contribution in [2.45, 2.75) is 25.3 Å². The van der Waals surface area contributed by atoms with Gasteiger partial charge in [0.25, 0.3) is 0 Å². The second kappa shape index (κ2) is 4.22. The Morgan fingerprint density at radius 3 is 3.19 bits per heavy atom. The molecule has 0 bridgehead atoms. The van der Waals surface area contributed by atoms with Crippen LogP contribution in [0.1, 0.15) is 18.4 Å². The van der Waals surface area contributed by atoms with Gasteiger partial charge in [-0.25, -0.2) is 0 Å². The smallest absolute Gasteiger partial charge is 0.138 e. The van der Waals surface area contributed by atoms with E-state index in [0.717, 1.165) is 23.0 Å². The first kappa shape index (κ1) is 10.4. The van der Waals surface area contributed by atoms with Gasteiger partial charge in [0.05, 0.1) is 4.47 Å². The monoisotopic (exact) mass is 279 g/mol. The lowest BCUT2D eigenvalue weighted by molar-refractivity contribution is 0.581. The van der Waals surface area contributed by atoms with Crippen LogP contribution in [0.3, 0.4) is 0 Å². The van der Waals surface area contributed by atoms with Crippen LogP contribution in [0, 0.1) is 0 Å². The van der Waals surface area contributed by atoms with Gasteiger partial charge in [-0.2, -0.15) is 0 Å². The average Bonchev–Trinajstić information content (AvgIpc) is 2.90. The van der Waals surface area contributed by atoms with Crippen LogP contribution in [0.5, 0.6) is 0 Å². The summed E-state index contributed by atoms with van der Waals surface area (Å²) in [4.78, 5) is 0. The molecule has 0 spiro atoms. The summed E-state index contributed by atoms with van der Waals surface area (Å²) in [5.41, 5.74) is 2.34. The molecule has 0 saturated carbocycles. The van der Waals surface area contributed by atoms with Crippen molar-refractivity contribution in [2.75, 3.05) is 6.54 Å². The number of nitrogens with one attached hydrogen (secondary N) is 1. The van der Waals surface area contributed by atoms with Gasteiger partial charge in [-0.05, 0) is 53.4 Å². The third-order valence-corrected chi connectivity index (χ3v) is 3.88. The maximum atomic E-state index is 5.62. The summed E-state index contributed by atoms with van der Waals surface area (Å²) in [6.07, 6.45) is 5.41. The van der Waals surface area contributed by atoms with Crippen LogP contribution in [0.4, 0.5) is 0 Å². The average molecular weight is 280 g/mol. The van der Waals surface area contributed by atoms with Gasteiger partial charge >= 0.3 is 0 Å². The highest BCUT2D eigenvalue weighted by Crippen LogP contribution is 2.29. The molecule has 1 aromatic heterocycles. The van der Waals surface area contributed by atoms with Crippen molar-refractivity contribution in [2.24, 2.45) is 0 Å². The van der Waals surface area contributed by atoms with Crippen molar-refractivity contribution in [1.29, 1.82) is 0 Å². The van der Waals surface area contributed by atoms with Crippen molar-refractivity contribution < 1.29 is 4.42 Å². The summed E-state index contributed by atoms with van der Waals surface area (Å²) in [6.45, 7) is 1.16. The number of hydrogen-bond acceptors (Lipinski definition) is 2. The standard InChI is InChI=1S/C13H14BrNO/c14-12-8-16-13-9(3-1-5-11(12)13)7-10-4-2-6-15-10/h1,3,5,8,10,15H,2,4,6-7H2. The molecule has 16 heavy (non-hydrogen) atoms. The Kier molecular flexibility index (Phi) is 2.74. The highest BCUT2D eigenvalue weighted by molar-refractivity contribution is 9.10. The fourth-order valence-corrected chi connectivity index (χ4v) is 2.85. The van der Waals surface area contributed by atoms with E-state index >= 15 is 0 Å². The molecule has 0 aliphatic carbocycles. The topological polar surface area (TPSA) is 25.2 Å². The number of benzene rings is 1. The molecule has 2 nitrogen and oxygen atoms in total. The zero-order valence-electron chi connectivity index (χ0n) is 9.00. The number of furan rings is 1. The van der Waals surface area contributed by atoms with E-state index in [2.05, 4.69) is 39.4 Å². The lowest BCUT2D eigenvalue weighted by Crippen LogP contribution is -2.23. The Bertz CT molecular complexity index is 500. The highest BCUT2D eigenvalue weighted by atomic mass is 79.9. The van der Waals surface area contributed by atoms with E-state index in [0.29, 0.717) is 6.04 Å². The van der Waals surface area contributed by atoms with Crippen LogP contribution in [-0.2, 0) is 6.42 Å². The molecule has 84 valence electrons. The molecule has 0 radical (unpaired) electrons. The Morgan fingerprint density at radius 2 is 2.38 bits per heavy atom. The first-order chi connectivity index (χ1) is 7.84. The van der Waals surface area contributed by atoms with E-state index in [4.69, 9.17) is 4.42 Å². The second-order valence-corrected chi connectivity index (χ2v) is 5.23. The van der Waals surface area contributed by atoms with Gasteiger partial charge < -0.3 is 9.73 Å². The van der Waals surface area contributed by atoms with Crippen molar-refractivity contribution in [3.63, 3.8) is 0 Å². The summed E-state index contributed by atoms with van der Waals surface area (Å²) in [7, 11) is 0. The fraction of sp³-hybridized carbons (Fsp3) is 0.385. The van der Waals surface area contributed by atoms with Gasteiger partial charge in [0.2, 0.25) is 0 Å². The molecule has 1 aliphatic rings. The van der Waals surface area contributed by atoms with E-state index in [-0.39, 0.29) is 0 Å². The SMILES string of the molecule is Brc1coc2c(CC3CCCN3)cccc12. The lowest BCUT2D eigenvalue weighted by atomic mass is 10.0. The quantitative estimate of drug-likeness (QED) is 0.911. The van der Waals surface area contributed by atoms with E-state index in [1.807, 2.05) is 0 Å². The molecule has 1 fully saturated rings. The summed E-state index contributed by atoms with van der Waals surface area (Å²) < 4.78 is 6.66. The van der Waals surface area contributed by atoms with Crippen LogP contribution in [0.2, 0.25) is 0 Å². The van der Waals surface area contributed by atoms with Crippen LogP contribution in [0.25, 0.3) is 11.0 Å². The number of rotatable bonds is 2. The largest absolute Gasteiger partial charge is 0.463 e. The summed E-state index contributed by atoms with van der Waals surface area (Å²) in [6, 6.07) is 6.98. The third-order valence-electron chi connectivity index (χ3n) is 3.26. The lowest BCUT2D eigenvalue weighted by Gasteiger charge is -2.09. The Morgan fingerprint density at radius 1 is 1.44 bits per heavy atom. The van der Waals surface area contributed by atoms with Gasteiger partial charge in [-0.1, -0.05) is 12.1 Å². The van der Waals surface area contributed by atoms with E-state index in [1.54, 1.807) is 6.26 Å². The van der Waals surface area contributed by atoms with Crippen LogP contribution in [0.15, 0.2) is 33.4 Å². The number of halogens is 1. The fourth-order valence-electron chi connectivity index (χ4n) is 2.44. The molecule has 1 N–H and O–H groups in total. The highest BCUT2D eigenvalue weighted by Gasteiger charge is 2.17. The minimum atomic E-state index is 0.620. The minimum absolute atomic E-state index is 0.620. The predicted octanol–water partition coefficient (Wildman–Crippen LogP) is 3.49. The minimum Gasteiger partial charge on any atom is -0.463 e. The first-order valence-electron chi connectivity index (χ1n) is 5.72. The van der Waals surface area contributed by atoms with Crippen molar-refractivity contribution in [1.82, 2.24) is 5.32 Å². The molecule has 1 atom stereocenters. The molecule has 0 amide bonds. The maximum Gasteiger partial charge on any atom is 0.138 e. The third kappa shape index (κ3) is 1.78. The molecular weight excluding hydrogens is 266 g/mol. The Hall–Kier alpha value is -0.800. The van der Waals surface area contributed by atoms with Gasteiger partial charge in [0, 0.05) is 11.4 Å². The zero-order chi connectivity index (χ0) is 11.0. The summed E-state index contributed by atoms with van der Waals surface area (Å²) >= 11 is 3.50. The van der Waals surface area contributed by atoms with Gasteiger partial charge in [-0.15, -0.1) is 0 Å². The maximum absolute atomic E-state index is 5.62. The second-order valence-electron chi connectivity index (χ2n) is 4.37. The predicted molar refractivity (Wildman–Crippen MR) is 68.6 cm³/mol. The number of para-hydroxylation sites is 1. The van der Waals surface area contributed by atoms with Crippen LogP contribution >= 0.6 is 15.9 Å². The molecule has 3 rings (SSSR count). The van der Waals surface area contributed by atoms with Gasteiger partial charge in [0.15, 0.2) is 0 Å². The Balaban J connectivity index is 1.96. The van der Waals surface area contributed by atoms with Crippen molar-refractivity contribution >= 4 is 26.9 Å². The molecule has 3 heteroatoms. The van der Waals surface area contributed by atoms with E-state index in [1.165, 1.54) is 23.8 Å². The molecule has 2 aromatic rings. The normalized spacial score (nSPS) is 20.7.